The minimum absolute atomic E-state index is 0.360. The number of nitrogens with one attached hydrogen (secondary N) is 2. The number of hydrogen-bond donors (Lipinski definition) is 3. The van der Waals surface area contributed by atoms with E-state index in [4.69, 9.17) is 0 Å². The Kier molecular flexibility index (Phi) is 4.88. The van der Waals surface area contributed by atoms with Crippen LogP contribution in [-0.4, -0.2) is 27.0 Å². The number of aromatic nitrogens is 2. The van der Waals surface area contributed by atoms with Gasteiger partial charge in [-0.25, -0.2) is 9.48 Å². The number of aliphatic hydroxyl groups is 1. The van der Waals surface area contributed by atoms with Crippen LogP contribution in [0.15, 0.2) is 54.6 Å². The highest BCUT2D eigenvalue weighted by molar-refractivity contribution is 5.90. The number of anilines is 1. The van der Waals surface area contributed by atoms with Crippen LogP contribution in [0.5, 0.6) is 0 Å². The molecule has 0 spiro atoms. The van der Waals surface area contributed by atoms with Gasteiger partial charge in [-0.15, -0.1) is 0 Å². The van der Waals surface area contributed by atoms with Gasteiger partial charge < -0.3 is 10.4 Å². The molecule has 2 amide bonds. The standard InChI is InChI=1S/C22H24N4O2/c1-14-15(2)25-26(17-9-4-3-5-10-17)21(14)24-22(28)23-20-18-11-7-6-8-16(18)12-13-19(20)27/h3-11,19-20,27H,12-13H2,1-2H3,(H2,23,24,28)/t19-,20-/m0/s1. The number of nitrogens with zero attached hydrogens (tertiary/aromatic N) is 2. The number of aryl methyl sites for hydroxylation is 2. The predicted octanol–water partition coefficient (Wildman–Crippen LogP) is 3.66. The number of carbonyl (C=O) groups is 1. The molecule has 28 heavy (non-hydrogen) atoms. The van der Waals surface area contributed by atoms with Crippen LogP contribution in [0.1, 0.15) is 34.8 Å². The molecule has 0 unspecified atom stereocenters. The lowest BCUT2D eigenvalue weighted by atomic mass is 9.86. The van der Waals surface area contributed by atoms with Gasteiger partial charge >= 0.3 is 6.03 Å². The Balaban J connectivity index is 1.59. The monoisotopic (exact) mass is 376 g/mol. The van der Waals surface area contributed by atoms with Gasteiger partial charge in [-0.3, -0.25) is 5.32 Å². The first-order chi connectivity index (χ1) is 13.5. The maximum atomic E-state index is 12.8. The van der Waals surface area contributed by atoms with Gasteiger partial charge in [0, 0.05) is 5.56 Å². The highest BCUT2D eigenvalue weighted by Crippen LogP contribution is 2.30. The maximum absolute atomic E-state index is 12.8. The largest absolute Gasteiger partial charge is 0.391 e. The molecule has 0 saturated heterocycles. The van der Waals surface area contributed by atoms with Gasteiger partial charge in [-0.2, -0.15) is 5.10 Å². The molecule has 6 nitrogen and oxygen atoms in total. The number of para-hydroxylation sites is 1. The lowest BCUT2D eigenvalue weighted by molar-refractivity contribution is 0.114. The van der Waals surface area contributed by atoms with Gasteiger partial charge in [-0.05, 0) is 49.9 Å². The van der Waals surface area contributed by atoms with Crippen molar-refractivity contribution in [3.05, 3.63) is 77.0 Å². The number of urea groups is 1. The van der Waals surface area contributed by atoms with E-state index < -0.39 is 12.1 Å². The van der Waals surface area contributed by atoms with Crippen LogP contribution in [0, 0.1) is 13.8 Å². The van der Waals surface area contributed by atoms with Crippen molar-refractivity contribution in [3.8, 4) is 5.69 Å². The molecule has 1 aromatic heterocycles. The van der Waals surface area contributed by atoms with Crippen LogP contribution in [0.3, 0.4) is 0 Å². The quantitative estimate of drug-likeness (QED) is 0.653. The number of aliphatic hydroxyl groups excluding tert-OH is 1. The van der Waals surface area contributed by atoms with Crippen LogP contribution in [-0.2, 0) is 6.42 Å². The fraction of sp³-hybridized carbons (Fsp3) is 0.273. The molecule has 0 aliphatic heterocycles. The Labute approximate surface area is 164 Å². The van der Waals surface area contributed by atoms with E-state index in [9.17, 15) is 9.90 Å². The Morgan fingerprint density at radius 3 is 2.61 bits per heavy atom. The van der Waals surface area contributed by atoms with E-state index in [1.54, 1.807) is 4.68 Å². The van der Waals surface area contributed by atoms with Crippen LogP contribution in [0.4, 0.5) is 10.6 Å². The molecule has 2 atom stereocenters. The fourth-order valence-electron chi connectivity index (χ4n) is 3.71. The Hall–Kier alpha value is -3.12. The van der Waals surface area contributed by atoms with Gasteiger partial charge in [0.05, 0.1) is 23.5 Å². The molecule has 4 rings (SSSR count). The van der Waals surface area contributed by atoms with Crippen molar-refractivity contribution < 1.29 is 9.90 Å². The van der Waals surface area contributed by atoms with E-state index in [1.165, 1.54) is 5.56 Å². The molecule has 0 bridgehead atoms. The first-order valence-corrected chi connectivity index (χ1v) is 9.49. The summed E-state index contributed by atoms with van der Waals surface area (Å²) in [6.07, 6.45) is 0.834. The molecule has 144 valence electrons. The van der Waals surface area contributed by atoms with Gasteiger partial charge in [0.1, 0.15) is 5.82 Å². The Bertz CT molecular complexity index is 997. The van der Waals surface area contributed by atoms with Crippen molar-refractivity contribution >= 4 is 11.8 Å². The molecule has 0 fully saturated rings. The molecule has 1 heterocycles. The van der Waals surface area contributed by atoms with E-state index in [2.05, 4.69) is 15.7 Å². The zero-order valence-corrected chi connectivity index (χ0v) is 16.0. The van der Waals surface area contributed by atoms with Crippen molar-refractivity contribution in [3.63, 3.8) is 0 Å². The van der Waals surface area contributed by atoms with E-state index in [1.807, 2.05) is 68.4 Å². The molecule has 3 N–H and O–H groups in total. The first kappa shape index (κ1) is 18.3. The second-order valence-corrected chi connectivity index (χ2v) is 7.19. The van der Waals surface area contributed by atoms with Crippen LogP contribution in [0.25, 0.3) is 5.69 Å². The summed E-state index contributed by atoms with van der Waals surface area (Å²) in [5, 5.41) is 20.9. The predicted molar refractivity (Wildman–Crippen MR) is 109 cm³/mol. The third-order valence-electron chi connectivity index (χ3n) is 5.36. The molecule has 2 aromatic carbocycles. The number of amides is 2. The Morgan fingerprint density at radius 1 is 1.11 bits per heavy atom. The summed E-state index contributed by atoms with van der Waals surface area (Å²) in [5.41, 5.74) is 4.77. The zero-order chi connectivity index (χ0) is 19.7. The normalized spacial score (nSPS) is 18.4. The summed E-state index contributed by atoms with van der Waals surface area (Å²) >= 11 is 0. The number of fused-ring (bicyclic) bond motifs is 1. The Morgan fingerprint density at radius 2 is 1.82 bits per heavy atom. The SMILES string of the molecule is Cc1nn(-c2ccccc2)c(NC(=O)N[C@H]2c3ccccc3CC[C@@H]2O)c1C. The average Bonchev–Trinajstić information content (AvgIpc) is 2.99. The highest BCUT2D eigenvalue weighted by Gasteiger charge is 2.29. The summed E-state index contributed by atoms with van der Waals surface area (Å²) in [6, 6.07) is 16.8. The molecule has 3 aromatic rings. The molecule has 6 heteroatoms. The molecule has 0 radical (unpaired) electrons. The highest BCUT2D eigenvalue weighted by atomic mass is 16.3. The van der Waals surface area contributed by atoms with Crippen molar-refractivity contribution in [1.82, 2.24) is 15.1 Å². The molecule has 1 aliphatic carbocycles. The summed E-state index contributed by atoms with van der Waals surface area (Å²) in [5.74, 6) is 0.625. The third kappa shape index (κ3) is 3.39. The van der Waals surface area contributed by atoms with E-state index in [-0.39, 0.29) is 6.03 Å². The van der Waals surface area contributed by atoms with Crippen molar-refractivity contribution in [1.29, 1.82) is 0 Å². The number of carbonyl (C=O) groups excluding carboxylic acids is 1. The van der Waals surface area contributed by atoms with Gasteiger partial charge in [-0.1, -0.05) is 42.5 Å². The summed E-state index contributed by atoms with van der Waals surface area (Å²) in [4.78, 5) is 12.8. The molecule has 0 saturated carbocycles. The van der Waals surface area contributed by atoms with Crippen molar-refractivity contribution in [2.45, 2.75) is 38.8 Å². The summed E-state index contributed by atoms with van der Waals surface area (Å²) in [7, 11) is 0. The minimum Gasteiger partial charge on any atom is -0.391 e. The lowest BCUT2D eigenvalue weighted by Crippen LogP contribution is -2.41. The number of hydrogen-bond acceptors (Lipinski definition) is 3. The molecular formula is C22H24N4O2. The first-order valence-electron chi connectivity index (χ1n) is 9.49. The van der Waals surface area contributed by atoms with Crippen molar-refractivity contribution in [2.75, 3.05) is 5.32 Å². The van der Waals surface area contributed by atoms with Gasteiger partial charge in [0.15, 0.2) is 0 Å². The van der Waals surface area contributed by atoms with E-state index >= 15 is 0 Å². The average molecular weight is 376 g/mol. The number of benzene rings is 2. The summed E-state index contributed by atoms with van der Waals surface area (Å²) < 4.78 is 1.73. The van der Waals surface area contributed by atoms with Crippen molar-refractivity contribution in [2.24, 2.45) is 0 Å². The van der Waals surface area contributed by atoms with Crippen LogP contribution in [0.2, 0.25) is 0 Å². The second-order valence-electron chi connectivity index (χ2n) is 7.19. The second kappa shape index (κ2) is 7.48. The van der Waals surface area contributed by atoms with E-state index in [0.29, 0.717) is 12.2 Å². The van der Waals surface area contributed by atoms with E-state index in [0.717, 1.165) is 28.9 Å². The lowest BCUT2D eigenvalue weighted by Gasteiger charge is -2.31. The molecule has 1 aliphatic rings. The van der Waals surface area contributed by atoms with Crippen LogP contribution < -0.4 is 10.6 Å². The third-order valence-corrected chi connectivity index (χ3v) is 5.36. The topological polar surface area (TPSA) is 79.2 Å². The smallest absolute Gasteiger partial charge is 0.320 e. The molecular weight excluding hydrogens is 352 g/mol. The maximum Gasteiger partial charge on any atom is 0.320 e. The number of rotatable bonds is 3. The zero-order valence-electron chi connectivity index (χ0n) is 16.0. The summed E-state index contributed by atoms with van der Waals surface area (Å²) in [6.45, 7) is 3.85. The van der Waals surface area contributed by atoms with Gasteiger partial charge in [0.2, 0.25) is 0 Å². The van der Waals surface area contributed by atoms with Gasteiger partial charge in [0.25, 0.3) is 0 Å². The van der Waals surface area contributed by atoms with Crippen LogP contribution >= 0.6 is 0 Å². The fourth-order valence-corrected chi connectivity index (χ4v) is 3.71. The minimum atomic E-state index is -0.609.